The maximum Gasteiger partial charge on any atom is 0.264 e. The van der Waals surface area contributed by atoms with Crippen molar-refractivity contribution in [1.29, 1.82) is 0 Å². The molecule has 0 aromatic heterocycles. The van der Waals surface area contributed by atoms with Crippen molar-refractivity contribution in [2.75, 3.05) is 17.4 Å². The maximum absolute atomic E-state index is 14.6. The third-order valence-corrected chi connectivity index (χ3v) is 9.92. The molecule has 0 aliphatic rings. The van der Waals surface area contributed by atoms with E-state index in [4.69, 9.17) is 11.6 Å². The molecule has 9 heteroatoms. The Kier molecular flexibility index (Phi) is 11.4. The first-order valence-electron chi connectivity index (χ1n) is 15.0. The number of nitrogens with one attached hydrogen (secondary N) is 1. The van der Waals surface area contributed by atoms with E-state index >= 15 is 0 Å². The van der Waals surface area contributed by atoms with E-state index in [2.05, 4.69) is 5.32 Å². The molecule has 0 fully saturated rings. The van der Waals surface area contributed by atoms with Crippen molar-refractivity contribution in [2.45, 2.75) is 58.0 Å². The smallest absolute Gasteiger partial charge is 0.264 e. The number of aryl methyl sites for hydroxylation is 3. The van der Waals surface area contributed by atoms with E-state index in [1.54, 1.807) is 12.1 Å². The first kappa shape index (κ1) is 33.7. The van der Waals surface area contributed by atoms with Crippen LogP contribution in [0.15, 0.2) is 102 Å². The van der Waals surface area contributed by atoms with Crippen LogP contribution in [-0.2, 0) is 32.6 Å². The van der Waals surface area contributed by atoms with Crippen LogP contribution < -0.4 is 9.62 Å². The first-order valence-corrected chi connectivity index (χ1v) is 16.8. The van der Waals surface area contributed by atoms with Gasteiger partial charge in [0.1, 0.15) is 12.6 Å². The molecule has 4 aromatic rings. The molecule has 2 amide bonds. The Morgan fingerprint density at radius 1 is 0.822 bits per heavy atom. The van der Waals surface area contributed by atoms with Crippen molar-refractivity contribution in [3.63, 3.8) is 0 Å². The largest absolute Gasteiger partial charge is 0.354 e. The number of carbonyl (C=O) groups is 2. The van der Waals surface area contributed by atoms with E-state index in [1.165, 1.54) is 29.2 Å². The summed E-state index contributed by atoms with van der Waals surface area (Å²) in [5, 5.41) is 3.37. The van der Waals surface area contributed by atoms with Crippen molar-refractivity contribution in [3.05, 3.63) is 130 Å². The molecule has 0 bridgehead atoms. The van der Waals surface area contributed by atoms with Gasteiger partial charge >= 0.3 is 0 Å². The highest BCUT2D eigenvalue weighted by molar-refractivity contribution is 7.92. The summed E-state index contributed by atoms with van der Waals surface area (Å²) in [5.74, 6) is -0.789. The molecule has 4 rings (SSSR count). The molecule has 1 atom stereocenters. The van der Waals surface area contributed by atoms with Gasteiger partial charge in [-0.15, -0.1) is 0 Å². The minimum Gasteiger partial charge on any atom is -0.354 e. The lowest BCUT2D eigenvalue weighted by Gasteiger charge is -2.34. The lowest BCUT2D eigenvalue weighted by Crippen LogP contribution is -2.53. The van der Waals surface area contributed by atoms with Crippen LogP contribution in [0.1, 0.15) is 41.2 Å². The van der Waals surface area contributed by atoms with Crippen molar-refractivity contribution in [2.24, 2.45) is 0 Å². The summed E-state index contributed by atoms with van der Waals surface area (Å²) in [6.45, 7) is 7.83. The molecule has 0 saturated carbocycles. The van der Waals surface area contributed by atoms with Gasteiger partial charge in [-0.1, -0.05) is 79.2 Å². The Balaban J connectivity index is 1.82. The molecular formula is C36H40ClN3O4S. The summed E-state index contributed by atoms with van der Waals surface area (Å²) < 4.78 is 29.5. The molecule has 0 radical (unpaired) electrons. The second-order valence-corrected chi connectivity index (χ2v) is 13.5. The van der Waals surface area contributed by atoms with Gasteiger partial charge in [-0.2, -0.15) is 0 Å². The second kappa shape index (κ2) is 15.2. The number of benzene rings is 4. The molecule has 45 heavy (non-hydrogen) atoms. The number of carbonyl (C=O) groups excluding carboxylic acids is 2. The number of hydrogen-bond donors (Lipinski definition) is 1. The summed E-state index contributed by atoms with van der Waals surface area (Å²) in [6.07, 6.45) is 0.997. The van der Waals surface area contributed by atoms with Gasteiger partial charge in [0.25, 0.3) is 10.0 Å². The van der Waals surface area contributed by atoms with Gasteiger partial charge in [0.2, 0.25) is 11.8 Å². The normalized spacial score (nSPS) is 11.9. The SMILES string of the molecule is CCCNC(=O)[C@@H](Cc1ccccc1)N(Cc1ccccc1C)C(=O)CN(c1ccc(C)c(C)c1)S(=O)(=O)c1ccc(Cl)cc1. The average Bonchev–Trinajstić information content (AvgIpc) is 3.03. The number of nitrogens with zero attached hydrogens (tertiary/aromatic N) is 2. The van der Waals surface area contributed by atoms with Crippen molar-refractivity contribution in [1.82, 2.24) is 10.2 Å². The average molecular weight is 646 g/mol. The van der Waals surface area contributed by atoms with Crippen LogP contribution in [0.3, 0.4) is 0 Å². The first-order chi connectivity index (χ1) is 21.5. The third kappa shape index (κ3) is 8.53. The summed E-state index contributed by atoms with van der Waals surface area (Å²) in [7, 11) is -4.20. The highest BCUT2D eigenvalue weighted by Crippen LogP contribution is 2.28. The predicted octanol–water partition coefficient (Wildman–Crippen LogP) is 6.63. The van der Waals surface area contributed by atoms with Crippen molar-refractivity contribution < 1.29 is 18.0 Å². The van der Waals surface area contributed by atoms with Crippen molar-refractivity contribution in [3.8, 4) is 0 Å². The fourth-order valence-electron chi connectivity index (χ4n) is 5.03. The molecule has 236 valence electrons. The predicted molar refractivity (Wildman–Crippen MR) is 181 cm³/mol. The van der Waals surface area contributed by atoms with E-state index in [1.807, 2.05) is 88.4 Å². The highest BCUT2D eigenvalue weighted by Gasteiger charge is 2.34. The minimum absolute atomic E-state index is 0.00454. The molecule has 0 heterocycles. The summed E-state index contributed by atoms with van der Waals surface area (Å²) in [6, 6.07) is 27.5. The Morgan fingerprint density at radius 2 is 1.49 bits per heavy atom. The quantitative estimate of drug-likeness (QED) is 0.177. The number of amides is 2. The fourth-order valence-corrected chi connectivity index (χ4v) is 6.57. The summed E-state index contributed by atoms with van der Waals surface area (Å²) in [5.41, 5.74) is 4.94. The van der Waals surface area contributed by atoms with Gasteiger partial charge in [0.05, 0.1) is 10.6 Å². The lowest BCUT2D eigenvalue weighted by atomic mass is 10.0. The van der Waals surface area contributed by atoms with Gasteiger partial charge in [-0.05, 0) is 91.4 Å². The topological polar surface area (TPSA) is 86.8 Å². The Labute approximate surface area is 271 Å². The number of sulfonamides is 1. The second-order valence-electron chi connectivity index (χ2n) is 11.2. The van der Waals surface area contributed by atoms with Crippen LogP contribution in [0, 0.1) is 20.8 Å². The minimum atomic E-state index is -4.20. The monoisotopic (exact) mass is 645 g/mol. The van der Waals surface area contributed by atoms with Gasteiger partial charge < -0.3 is 10.2 Å². The Bertz CT molecular complexity index is 1730. The van der Waals surface area contributed by atoms with E-state index in [0.717, 1.165) is 38.5 Å². The summed E-state index contributed by atoms with van der Waals surface area (Å²) in [4.78, 5) is 29.8. The number of halogens is 1. The van der Waals surface area contributed by atoms with Gasteiger partial charge in [-0.25, -0.2) is 8.42 Å². The van der Waals surface area contributed by atoms with Crippen LogP contribution in [0.25, 0.3) is 0 Å². The van der Waals surface area contributed by atoms with Crippen LogP contribution in [-0.4, -0.2) is 44.3 Å². The van der Waals surface area contributed by atoms with Gasteiger partial charge in [0, 0.05) is 24.5 Å². The third-order valence-electron chi connectivity index (χ3n) is 7.88. The Hall–Kier alpha value is -4.14. The van der Waals surface area contributed by atoms with Gasteiger partial charge in [0.15, 0.2) is 0 Å². The molecule has 0 saturated heterocycles. The van der Waals surface area contributed by atoms with Crippen LogP contribution in [0.5, 0.6) is 0 Å². The lowest BCUT2D eigenvalue weighted by molar-refractivity contribution is -0.140. The maximum atomic E-state index is 14.6. The standard InChI is InChI=1S/C36H40ClN3O4S/c1-5-21-38-36(42)34(23-29-12-7-6-8-13-29)39(24-30-14-10-9-11-27(30)3)35(41)25-40(32-18-15-26(2)28(4)22-32)45(43,44)33-19-16-31(37)17-20-33/h6-20,22,34H,5,21,23-25H2,1-4H3,(H,38,42)/t34-/m1/s1. The number of rotatable bonds is 13. The fraction of sp³-hybridized carbons (Fsp3) is 0.278. The molecule has 0 aliphatic heterocycles. The van der Waals surface area contributed by atoms with Crippen molar-refractivity contribution >= 4 is 39.1 Å². The summed E-state index contributed by atoms with van der Waals surface area (Å²) >= 11 is 6.07. The van der Waals surface area contributed by atoms with E-state index in [9.17, 15) is 18.0 Å². The number of hydrogen-bond acceptors (Lipinski definition) is 4. The van der Waals surface area contributed by atoms with Crippen LogP contribution in [0.2, 0.25) is 5.02 Å². The van der Waals surface area contributed by atoms with Crippen LogP contribution in [0.4, 0.5) is 5.69 Å². The molecular weight excluding hydrogens is 606 g/mol. The molecule has 1 N–H and O–H groups in total. The number of anilines is 1. The molecule has 7 nitrogen and oxygen atoms in total. The van der Waals surface area contributed by atoms with E-state index in [-0.39, 0.29) is 23.8 Å². The Morgan fingerprint density at radius 3 is 2.13 bits per heavy atom. The molecule has 0 unspecified atom stereocenters. The van der Waals surface area contributed by atoms with E-state index in [0.29, 0.717) is 17.3 Å². The molecule has 0 aliphatic carbocycles. The zero-order valence-corrected chi connectivity index (χ0v) is 27.7. The zero-order valence-electron chi connectivity index (χ0n) is 26.2. The zero-order chi connectivity index (χ0) is 32.6. The van der Waals surface area contributed by atoms with Crippen LogP contribution >= 0.6 is 11.6 Å². The molecule has 0 spiro atoms. The van der Waals surface area contributed by atoms with E-state index < -0.39 is 28.5 Å². The highest BCUT2D eigenvalue weighted by atomic mass is 35.5. The molecule has 4 aromatic carbocycles. The van der Waals surface area contributed by atoms with Gasteiger partial charge in [-0.3, -0.25) is 13.9 Å².